The molecule has 2 aromatic rings. The van der Waals surface area contributed by atoms with Crippen LogP contribution in [0.1, 0.15) is 13.3 Å². The van der Waals surface area contributed by atoms with Gasteiger partial charge in [-0.3, -0.25) is 4.79 Å². The van der Waals surface area contributed by atoms with E-state index in [0.717, 1.165) is 0 Å². The molecule has 106 valence electrons. The molecule has 1 amide bonds. The number of nitrogens with one attached hydrogen (secondary N) is 1. The van der Waals surface area contributed by atoms with Crippen LogP contribution in [-0.4, -0.2) is 27.2 Å². The van der Waals surface area contributed by atoms with Gasteiger partial charge in [-0.1, -0.05) is 6.92 Å². The summed E-state index contributed by atoms with van der Waals surface area (Å²) in [5.41, 5.74) is 6.16. The van der Waals surface area contributed by atoms with Crippen molar-refractivity contribution in [3.05, 3.63) is 36.7 Å². The first-order valence-corrected chi connectivity index (χ1v) is 6.31. The minimum absolute atomic E-state index is 0.206. The standard InChI is InChI=1S/C13H16FN5O/c1-2-9(6-15)13(20)18-10-3-4-12(11(14)5-10)19-8-16-7-17-19/h3-5,7-9H,2,6,15H2,1H3,(H,18,20). The van der Waals surface area contributed by atoms with Gasteiger partial charge < -0.3 is 11.1 Å². The summed E-state index contributed by atoms with van der Waals surface area (Å²) in [6, 6.07) is 4.39. The lowest BCUT2D eigenvalue weighted by molar-refractivity contribution is -0.119. The Bertz CT molecular complexity index is 580. The Balaban J connectivity index is 2.16. The molecule has 1 unspecified atom stereocenters. The van der Waals surface area contributed by atoms with Crippen molar-refractivity contribution in [3.63, 3.8) is 0 Å². The molecule has 0 bridgehead atoms. The van der Waals surface area contributed by atoms with Crippen LogP contribution < -0.4 is 11.1 Å². The summed E-state index contributed by atoms with van der Waals surface area (Å²) in [5, 5.41) is 6.51. The van der Waals surface area contributed by atoms with Crippen molar-refractivity contribution in [2.24, 2.45) is 11.7 Å². The number of benzene rings is 1. The number of amides is 1. The lowest BCUT2D eigenvalue weighted by Gasteiger charge is -2.13. The summed E-state index contributed by atoms with van der Waals surface area (Å²) in [6.45, 7) is 2.15. The molecule has 20 heavy (non-hydrogen) atoms. The first-order valence-electron chi connectivity index (χ1n) is 6.31. The van der Waals surface area contributed by atoms with Crippen molar-refractivity contribution in [1.82, 2.24) is 14.8 Å². The van der Waals surface area contributed by atoms with E-state index in [-0.39, 0.29) is 24.1 Å². The zero-order chi connectivity index (χ0) is 14.5. The SMILES string of the molecule is CCC(CN)C(=O)Nc1ccc(-n2cncn2)c(F)c1. The predicted octanol–water partition coefficient (Wildman–Crippen LogP) is 1.33. The van der Waals surface area contributed by atoms with E-state index < -0.39 is 5.82 Å². The number of carbonyl (C=O) groups is 1. The highest BCUT2D eigenvalue weighted by atomic mass is 19.1. The third-order valence-electron chi connectivity index (χ3n) is 3.03. The Morgan fingerprint density at radius 2 is 2.35 bits per heavy atom. The van der Waals surface area contributed by atoms with E-state index in [1.807, 2.05) is 6.92 Å². The number of nitrogens with zero attached hydrogens (tertiary/aromatic N) is 3. The van der Waals surface area contributed by atoms with Gasteiger partial charge in [0.1, 0.15) is 18.3 Å². The van der Waals surface area contributed by atoms with Gasteiger partial charge in [-0.15, -0.1) is 0 Å². The second kappa shape index (κ2) is 6.25. The quantitative estimate of drug-likeness (QED) is 0.863. The second-order valence-electron chi connectivity index (χ2n) is 4.34. The van der Waals surface area contributed by atoms with Gasteiger partial charge in [0.25, 0.3) is 0 Å². The highest BCUT2D eigenvalue weighted by Crippen LogP contribution is 2.18. The molecule has 0 spiro atoms. The van der Waals surface area contributed by atoms with E-state index >= 15 is 0 Å². The van der Waals surface area contributed by atoms with Gasteiger partial charge in [0.15, 0.2) is 5.82 Å². The molecular weight excluding hydrogens is 261 g/mol. The summed E-state index contributed by atoms with van der Waals surface area (Å²) < 4.78 is 15.3. The minimum Gasteiger partial charge on any atom is -0.330 e. The fraction of sp³-hybridized carbons (Fsp3) is 0.308. The zero-order valence-electron chi connectivity index (χ0n) is 11.1. The number of rotatable bonds is 5. The van der Waals surface area contributed by atoms with Gasteiger partial charge in [-0.05, 0) is 24.6 Å². The Kier molecular flexibility index (Phi) is 4.41. The van der Waals surface area contributed by atoms with Gasteiger partial charge in [0, 0.05) is 12.2 Å². The molecule has 0 aliphatic carbocycles. The predicted molar refractivity (Wildman–Crippen MR) is 72.8 cm³/mol. The molecule has 1 heterocycles. The number of aromatic nitrogens is 3. The molecule has 1 aromatic carbocycles. The summed E-state index contributed by atoms with van der Waals surface area (Å²) in [7, 11) is 0. The molecule has 0 saturated carbocycles. The van der Waals surface area contributed by atoms with Crippen molar-refractivity contribution in [2.75, 3.05) is 11.9 Å². The number of halogens is 1. The van der Waals surface area contributed by atoms with E-state index in [1.54, 1.807) is 6.07 Å². The molecular formula is C13H16FN5O. The van der Waals surface area contributed by atoms with Crippen LogP contribution in [0.5, 0.6) is 0 Å². The number of nitrogens with two attached hydrogens (primary N) is 1. The first-order chi connectivity index (χ1) is 9.65. The summed E-state index contributed by atoms with van der Waals surface area (Å²) in [4.78, 5) is 15.6. The molecule has 1 aromatic heterocycles. The van der Waals surface area contributed by atoms with E-state index in [0.29, 0.717) is 12.1 Å². The van der Waals surface area contributed by atoms with Crippen LogP contribution in [0.3, 0.4) is 0 Å². The smallest absolute Gasteiger partial charge is 0.228 e. The molecule has 3 N–H and O–H groups in total. The Morgan fingerprint density at radius 3 is 2.90 bits per heavy atom. The lowest BCUT2D eigenvalue weighted by atomic mass is 10.1. The molecule has 0 aliphatic heterocycles. The summed E-state index contributed by atoms with van der Waals surface area (Å²) >= 11 is 0. The maximum absolute atomic E-state index is 14.0. The van der Waals surface area contributed by atoms with Gasteiger partial charge in [0.05, 0.1) is 5.92 Å². The van der Waals surface area contributed by atoms with Gasteiger partial charge in [-0.25, -0.2) is 14.1 Å². The monoisotopic (exact) mass is 277 g/mol. The number of hydrogen-bond donors (Lipinski definition) is 2. The highest BCUT2D eigenvalue weighted by Gasteiger charge is 2.15. The molecule has 0 aliphatic rings. The van der Waals surface area contributed by atoms with Crippen LogP contribution in [0.25, 0.3) is 5.69 Å². The van der Waals surface area contributed by atoms with Gasteiger partial charge in [0.2, 0.25) is 5.91 Å². The fourth-order valence-corrected chi connectivity index (χ4v) is 1.81. The van der Waals surface area contributed by atoms with E-state index in [4.69, 9.17) is 5.73 Å². The van der Waals surface area contributed by atoms with Crippen molar-refractivity contribution in [1.29, 1.82) is 0 Å². The Hall–Kier alpha value is -2.28. The van der Waals surface area contributed by atoms with Crippen LogP contribution in [0.4, 0.5) is 10.1 Å². The zero-order valence-corrected chi connectivity index (χ0v) is 11.1. The molecule has 2 rings (SSSR count). The number of carbonyl (C=O) groups excluding carboxylic acids is 1. The molecule has 0 saturated heterocycles. The maximum Gasteiger partial charge on any atom is 0.228 e. The number of anilines is 1. The third-order valence-corrected chi connectivity index (χ3v) is 3.03. The highest BCUT2D eigenvalue weighted by molar-refractivity contribution is 5.92. The third kappa shape index (κ3) is 3.00. The summed E-state index contributed by atoms with van der Waals surface area (Å²) in [5.74, 6) is -0.968. The number of hydrogen-bond acceptors (Lipinski definition) is 4. The topological polar surface area (TPSA) is 85.8 Å². The van der Waals surface area contributed by atoms with Crippen molar-refractivity contribution >= 4 is 11.6 Å². The molecule has 0 fully saturated rings. The largest absolute Gasteiger partial charge is 0.330 e. The van der Waals surface area contributed by atoms with Crippen molar-refractivity contribution in [2.45, 2.75) is 13.3 Å². The van der Waals surface area contributed by atoms with Gasteiger partial charge >= 0.3 is 0 Å². The average molecular weight is 277 g/mol. The normalized spacial score (nSPS) is 12.2. The molecule has 0 radical (unpaired) electrons. The molecule has 6 nitrogen and oxygen atoms in total. The van der Waals surface area contributed by atoms with Crippen LogP contribution in [0.2, 0.25) is 0 Å². The van der Waals surface area contributed by atoms with E-state index in [9.17, 15) is 9.18 Å². The van der Waals surface area contributed by atoms with Crippen molar-refractivity contribution in [3.8, 4) is 5.69 Å². The van der Waals surface area contributed by atoms with E-state index in [2.05, 4.69) is 15.4 Å². The minimum atomic E-state index is -0.492. The average Bonchev–Trinajstić information content (AvgIpc) is 2.94. The van der Waals surface area contributed by atoms with Crippen LogP contribution in [0, 0.1) is 11.7 Å². The Morgan fingerprint density at radius 1 is 1.55 bits per heavy atom. The van der Waals surface area contributed by atoms with Crippen LogP contribution in [0.15, 0.2) is 30.9 Å². The van der Waals surface area contributed by atoms with E-state index in [1.165, 1.54) is 29.5 Å². The lowest BCUT2D eigenvalue weighted by Crippen LogP contribution is -2.28. The fourth-order valence-electron chi connectivity index (χ4n) is 1.81. The van der Waals surface area contributed by atoms with Crippen LogP contribution >= 0.6 is 0 Å². The first kappa shape index (κ1) is 14.1. The van der Waals surface area contributed by atoms with Crippen LogP contribution in [-0.2, 0) is 4.79 Å². The maximum atomic E-state index is 14.0. The second-order valence-corrected chi connectivity index (χ2v) is 4.34. The molecule has 1 atom stereocenters. The van der Waals surface area contributed by atoms with Crippen molar-refractivity contribution < 1.29 is 9.18 Å². The summed E-state index contributed by atoms with van der Waals surface area (Å²) in [6.07, 6.45) is 3.36. The van der Waals surface area contributed by atoms with Gasteiger partial charge in [-0.2, -0.15) is 5.10 Å². The molecule has 7 heteroatoms. The Labute approximate surface area is 115 Å².